The third-order valence-electron chi connectivity index (χ3n) is 4.96. The van der Waals surface area contributed by atoms with Crippen molar-refractivity contribution in [2.24, 2.45) is 0 Å². The monoisotopic (exact) mass is 375 g/mol. The number of aryl methyl sites for hydroxylation is 1. The Hall–Kier alpha value is -3.55. The zero-order valence-corrected chi connectivity index (χ0v) is 16.0. The molecule has 1 N–H and O–H groups in total. The number of fused-ring (bicyclic) bond motifs is 1. The lowest BCUT2D eigenvalue weighted by atomic mass is 10.2. The van der Waals surface area contributed by atoms with Gasteiger partial charge in [0.2, 0.25) is 0 Å². The summed E-state index contributed by atoms with van der Waals surface area (Å²) in [4.78, 5) is 27.2. The molecule has 1 atom stereocenters. The van der Waals surface area contributed by atoms with Crippen molar-refractivity contribution in [1.82, 2.24) is 34.6 Å². The van der Waals surface area contributed by atoms with Gasteiger partial charge < -0.3 is 9.47 Å². The largest absolute Gasteiger partial charge is 0.332 e. The smallest absolute Gasteiger partial charge is 0.274 e. The number of nitrogens with one attached hydrogen (secondary N) is 1. The van der Waals surface area contributed by atoms with Gasteiger partial charge in [-0.3, -0.25) is 9.89 Å². The number of hydrogen-bond donors (Lipinski definition) is 1. The van der Waals surface area contributed by atoms with Crippen LogP contribution in [0.25, 0.3) is 11.0 Å². The fourth-order valence-electron chi connectivity index (χ4n) is 3.22. The van der Waals surface area contributed by atoms with Gasteiger partial charge in [-0.2, -0.15) is 5.10 Å². The van der Waals surface area contributed by atoms with Crippen molar-refractivity contribution in [3.05, 3.63) is 71.8 Å². The maximum absolute atomic E-state index is 12.8. The Labute approximate surface area is 162 Å². The number of rotatable bonds is 5. The molecule has 142 valence electrons. The number of aromatic nitrogens is 6. The molecular weight excluding hydrogens is 354 g/mol. The molecule has 0 fully saturated rings. The molecule has 0 spiro atoms. The maximum atomic E-state index is 12.8. The predicted molar refractivity (Wildman–Crippen MR) is 105 cm³/mol. The average Bonchev–Trinajstić information content (AvgIpc) is 3.32. The van der Waals surface area contributed by atoms with E-state index in [1.165, 1.54) is 6.33 Å². The summed E-state index contributed by atoms with van der Waals surface area (Å²) in [5.41, 5.74) is 4.01. The highest BCUT2D eigenvalue weighted by Gasteiger charge is 2.22. The van der Waals surface area contributed by atoms with Crippen LogP contribution in [0.5, 0.6) is 0 Å². The molecule has 1 aromatic carbocycles. The first-order valence-electron chi connectivity index (χ1n) is 9.04. The minimum Gasteiger partial charge on any atom is -0.332 e. The molecule has 8 nitrogen and oxygen atoms in total. The van der Waals surface area contributed by atoms with Crippen molar-refractivity contribution in [2.75, 3.05) is 7.05 Å². The number of nitrogens with zero attached hydrogens (tertiary/aromatic N) is 6. The Morgan fingerprint density at radius 3 is 2.89 bits per heavy atom. The van der Waals surface area contributed by atoms with Gasteiger partial charge in [0.15, 0.2) is 0 Å². The highest BCUT2D eigenvalue weighted by molar-refractivity contribution is 5.92. The molecule has 4 rings (SSSR count). The number of H-pyrrole nitrogens is 1. The van der Waals surface area contributed by atoms with Crippen LogP contribution in [0.15, 0.2) is 48.9 Å². The lowest BCUT2D eigenvalue weighted by molar-refractivity contribution is 0.0733. The number of hydrogen-bond acceptors (Lipinski definition) is 5. The number of carbonyl (C=O) groups excluding carboxylic acids is 1. The van der Waals surface area contributed by atoms with Crippen molar-refractivity contribution >= 4 is 16.9 Å². The van der Waals surface area contributed by atoms with E-state index in [1.807, 2.05) is 38.1 Å². The summed E-state index contributed by atoms with van der Waals surface area (Å²) in [5, 5.41) is 7.20. The van der Waals surface area contributed by atoms with E-state index in [9.17, 15) is 4.79 Å². The van der Waals surface area contributed by atoms with Gasteiger partial charge in [-0.25, -0.2) is 15.0 Å². The SMILES string of the molecule is Cc1nc2ccccc2n1Cc1cc(C(=O)N(C)[C@@H](C)c2ccncn2)n[nH]1. The van der Waals surface area contributed by atoms with Crippen LogP contribution in [0.2, 0.25) is 0 Å². The molecule has 28 heavy (non-hydrogen) atoms. The van der Waals surface area contributed by atoms with E-state index in [-0.39, 0.29) is 11.9 Å². The van der Waals surface area contributed by atoms with E-state index >= 15 is 0 Å². The molecule has 3 aromatic heterocycles. The van der Waals surface area contributed by atoms with Gasteiger partial charge in [-0.15, -0.1) is 0 Å². The average molecular weight is 375 g/mol. The molecule has 3 heterocycles. The van der Waals surface area contributed by atoms with Crippen molar-refractivity contribution < 1.29 is 4.79 Å². The zero-order chi connectivity index (χ0) is 19.7. The summed E-state index contributed by atoms with van der Waals surface area (Å²) >= 11 is 0. The summed E-state index contributed by atoms with van der Waals surface area (Å²) in [6, 6.07) is 11.4. The number of carbonyl (C=O) groups is 1. The number of para-hydroxylation sites is 2. The quantitative estimate of drug-likeness (QED) is 0.579. The first-order valence-corrected chi connectivity index (χ1v) is 9.04. The Kier molecular flexibility index (Phi) is 4.60. The van der Waals surface area contributed by atoms with Gasteiger partial charge in [-0.1, -0.05) is 12.1 Å². The third-order valence-corrected chi connectivity index (χ3v) is 4.96. The molecule has 0 bridgehead atoms. The van der Waals surface area contributed by atoms with Crippen molar-refractivity contribution in [1.29, 1.82) is 0 Å². The maximum Gasteiger partial charge on any atom is 0.274 e. The van der Waals surface area contributed by atoms with Crippen molar-refractivity contribution in [3.8, 4) is 0 Å². The highest BCUT2D eigenvalue weighted by atomic mass is 16.2. The second kappa shape index (κ2) is 7.22. The number of aromatic amines is 1. The Morgan fingerprint density at radius 1 is 1.29 bits per heavy atom. The van der Waals surface area contributed by atoms with Gasteiger partial charge in [0.25, 0.3) is 5.91 Å². The van der Waals surface area contributed by atoms with Gasteiger partial charge >= 0.3 is 0 Å². The van der Waals surface area contributed by atoms with E-state index in [0.29, 0.717) is 12.2 Å². The molecule has 0 saturated heterocycles. The Bertz CT molecular complexity index is 1120. The van der Waals surface area contributed by atoms with E-state index in [4.69, 9.17) is 0 Å². The number of benzene rings is 1. The number of amides is 1. The van der Waals surface area contributed by atoms with Crippen LogP contribution in [-0.2, 0) is 6.54 Å². The normalized spacial score (nSPS) is 12.2. The van der Waals surface area contributed by atoms with Crippen molar-refractivity contribution in [3.63, 3.8) is 0 Å². The second-order valence-electron chi connectivity index (χ2n) is 6.74. The predicted octanol–water partition coefficient (Wildman–Crippen LogP) is 2.74. The summed E-state index contributed by atoms with van der Waals surface area (Å²) in [6.07, 6.45) is 3.15. The molecule has 0 unspecified atom stereocenters. The van der Waals surface area contributed by atoms with E-state index in [2.05, 4.69) is 29.7 Å². The van der Waals surface area contributed by atoms with Crippen LogP contribution in [0.1, 0.15) is 40.7 Å². The number of imidazole rings is 1. The first kappa shape index (κ1) is 17.8. The fraction of sp³-hybridized carbons (Fsp3) is 0.250. The fourth-order valence-corrected chi connectivity index (χ4v) is 3.22. The summed E-state index contributed by atoms with van der Waals surface area (Å²) < 4.78 is 2.10. The van der Waals surface area contributed by atoms with E-state index in [1.54, 1.807) is 30.3 Å². The van der Waals surface area contributed by atoms with Gasteiger partial charge in [0.1, 0.15) is 17.8 Å². The summed E-state index contributed by atoms with van der Waals surface area (Å²) in [7, 11) is 1.75. The highest BCUT2D eigenvalue weighted by Crippen LogP contribution is 2.19. The molecule has 0 saturated carbocycles. The minimum absolute atomic E-state index is 0.166. The van der Waals surface area contributed by atoms with Crippen LogP contribution in [0.3, 0.4) is 0 Å². The van der Waals surface area contributed by atoms with Crippen LogP contribution in [-0.4, -0.2) is 47.6 Å². The molecule has 1 amide bonds. The van der Waals surface area contributed by atoms with Crippen molar-refractivity contribution in [2.45, 2.75) is 26.4 Å². The lowest BCUT2D eigenvalue weighted by Crippen LogP contribution is -2.30. The molecule has 0 aliphatic carbocycles. The van der Waals surface area contributed by atoms with Gasteiger partial charge in [0, 0.05) is 13.2 Å². The standard InChI is InChI=1S/C20H21N7O/c1-13(16-8-9-21-12-22-16)26(3)20(28)18-10-15(24-25-18)11-27-14(2)23-17-6-4-5-7-19(17)27/h4-10,12-13H,11H2,1-3H3,(H,24,25)/t13-/m0/s1. The minimum atomic E-state index is -0.185. The van der Waals surface area contributed by atoms with Gasteiger partial charge in [-0.05, 0) is 38.1 Å². The summed E-state index contributed by atoms with van der Waals surface area (Å²) in [5.74, 6) is 0.749. The topological polar surface area (TPSA) is 92.6 Å². The van der Waals surface area contributed by atoms with Crippen LogP contribution in [0.4, 0.5) is 0 Å². The summed E-state index contributed by atoms with van der Waals surface area (Å²) in [6.45, 7) is 4.46. The molecule has 0 aliphatic heterocycles. The van der Waals surface area contributed by atoms with Crippen LogP contribution in [0, 0.1) is 6.92 Å². The van der Waals surface area contributed by atoms with Crippen LogP contribution < -0.4 is 0 Å². The second-order valence-corrected chi connectivity index (χ2v) is 6.74. The van der Waals surface area contributed by atoms with E-state index < -0.39 is 0 Å². The van der Waals surface area contributed by atoms with Crippen LogP contribution >= 0.6 is 0 Å². The molecule has 0 radical (unpaired) electrons. The molecule has 8 heteroatoms. The Balaban J connectivity index is 1.54. The van der Waals surface area contributed by atoms with Gasteiger partial charge in [0.05, 0.1) is 35.0 Å². The zero-order valence-electron chi connectivity index (χ0n) is 16.0. The lowest BCUT2D eigenvalue weighted by Gasteiger charge is -2.23. The molecular formula is C20H21N7O. The molecule has 4 aromatic rings. The molecule has 0 aliphatic rings. The third kappa shape index (κ3) is 3.24. The Morgan fingerprint density at radius 2 is 2.11 bits per heavy atom. The van der Waals surface area contributed by atoms with E-state index in [0.717, 1.165) is 28.2 Å². The first-order chi connectivity index (χ1) is 13.5.